The number of nitrogens with two attached hydrogens (primary N) is 1. The Balaban J connectivity index is 2.05. The monoisotopic (exact) mass is 267 g/mol. The molecule has 106 valence electrons. The number of aliphatic hydroxyl groups is 1. The van der Waals surface area contributed by atoms with Gasteiger partial charge in [0.1, 0.15) is 5.82 Å². The molecule has 2 rings (SSSR count). The molecule has 1 aromatic rings. The molecular formula is C14H22FN3O. The fourth-order valence-corrected chi connectivity index (χ4v) is 2.67. The molecule has 2 atom stereocenters. The van der Waals surface area contributed by atoms with Crippen LogP contribution in [-0.2, 0) is 6.54 Å². The molecule has 1 aromatic carbocycles. The highest BCUT2D eigenvalue weighted by atomic mass is 19.1. The van der Waals surface area contributed by atoms with E-state index in [4.69, 9.17) is 5.73 Å². The molecule has 0 aromatic heterocycles. The van der Waals surface area contributed by atoms with Gasteiger partial charge in [-0.25, -0.2) is 4.39 Å². The zero-order chi connectivity index (χ0) is 14.0. The maximum absolute atomic E-state index is 13.4. The van der Waals surface area contributed by atoms with E-state index in [1.54, 1.807) is 6.07 Å². The molecule has 0 saturated carbocycles. The molecular weight excluding hydrogens is 245 g/mol. The number of likely N-dealkylation sites (N-methyl/N-ethyl adjacent to an activating group) is 1. The van der Waals surface area contributed by atoms with Gasteiger partial charge in [0, 0.05) is 25.7 Å². The van der Waals surface area contributed by atoms with E-state index in [0.29, 0.717) is 19.1 Å². The van der Waals surface area contributed by atoms with Crippen LogP contribution in [0, 0.1) is 5.82 Å². The predicted molar refractivity (Wildman–Crippen MR) is 74.2 cm³/mol. The number of halogens is 1. The normalized spacial score (nSPS) is 24.3. The molecule has 1 aliphatic heterocycles. The van der Waals surface area contributed by atoms with Crippen LogP contribution in [0.2, 0.25) is 0 Å². The van der Waals surface area contributed by atoms with Gasteiger partial charge in [0.2, 0.25) is 0 Å². The summed E-state index contributed by atoms with van der Waals surface area (Å²) in [7, 11) is 4.04. The van der Waals surface area contributed by atoms with Gasteiger partial charge < -0.3 is 15.7 Å². The summed E-state index contributed by atoms with van der Waals surface area (Å²) in [4.78, 5) is 4.31. The molecule has 1 saturated heterocycles. The third-order valence-corrected chi connectivity index (χ3v) is 3.53. The van der Waals surface area contributed by atoms with Gasteiger partial charge in [-0.1, -0.05) is 6.07 Å². The predicted octanol–water partition coefficient (Wildman–Crippen LogP) is 0.905. The zero-order valence-electron chi connectivity index (χ0n) is 11.5. The van der Waals surface area contributed by atoms with Crippen LogP contribution in [0.1, 0.15) is 12.0 Å². The minimum atomic E-state index is -0.374. The number of hydrogen-bond donors (Lipinski definition) is 2. The van der Waals surface area contributed by atoms with Crippen molar-refractivity contribution in [3.05, 3.63) is 29.6 Å². The second-order valence-corrected chi connectivity index (χ2v) is 5.59. The Morgan fingerprint density at radius 1 is 1.47 bits per heavy atom. The van der Waals surface area contributed by atoms with Crippen LogP contribution >= 0.6 is 0 Å². The summed E-state index contributed by atoms with van der Waals surface area (Å²) in [5.41, 5.74) is 6.55. The fraction of sp³-hybridized carbons (Fsp3) is 0.571. The van der Waals surface area contributed by atoms with E-state index in [2.05, 4.69) is 9.80 Å². The number of nitrogens with zero attached hydrogens (tertiary/aromatic N) is 2. The lowest BCUT2D eigenvalue weighted by Crippen LogP contribution is -2.37. The Hall–Kier alpha value is -1.17. The summed E-state index contributed by atoms with van der Waals surface area (Å²) in [5, 5.41) is 9.81. The minimum absolute atomic E-state index is 0.176. The van der Waals surface area contributed by atoms with Gasteiger partial charge in [0.15, 0.2) is 0 Å². The Labute approximate surface area is 113 Å². The van der Waals surface area contributed by atoms with Gasteiger partial charge >= 0.3 is 0 Å². The van der Waals surface area contributed by atoms with Crippen LogP contribution in [0.25, 0.3) is 0 Å². The third-order valence-electron chi connectivity index (χ3n) is 3.53. The fourth-order valence-electron chi connectivity index (χ4n) is 2.67. The molecule has 3 N–H and O–H groups in total. The average Bonchev–Trinajstić information content (AvgIpc) is 2.63. The summed E-state index contributed by atoms with van der Waals surface area (Å²) >= 11 is 0. The minimum Gasteiger partial charge on any atom is -0.396 e. The summed E-state index contributed by atoms with van der Waals surface area (Å²) in [5.74, 6) is -0.374. The van der Waals surface area contributed by atoms with E-state index >= 15 is 0 Å². The summed E-state index contributed by atoms with van der Waals surface area (Å²) < 4.78 is 13.4. The van der Waals surface area contributed by atoms with Crippen molar-refractivity contribution < 1.29 is 9.50 Å². The lowest BCUT2D eigenvalue weighted by molar-refractivity contribution is 0.169. The SMILES string of the molecule is CN(C)CC1CC(O)CN1Cc1ccc(N)c(F)c1. The quantitative estimate of drug-likeness (QED) is 0.796. The smallest absolute Gasteiger partial charge is 0.146 e. The molecule has 1 aliphatic rings. The van der Waals surface area contributed by atoms with Crippen LogP contribution in [0.3, 0.4) is 0 Å². The second-order valence-electron chi connectivity index (χ2n) is 5.59. The van der Waals surface area contributed by atoms with Crippen molar-refractivity contribution in [1.82, 2.24) is 9.80 Å². The molecule has 0 spiro atoms. The van der Waals surface area contributed by atoms with Crippen molar-refractivity contribution >= 4 is 5.69 Å². The Kier molecular flexibility index (Phi) is 4.39. The zero-order valence-corrected chi connectivity index (χ0v) is 11.5. The number of aliphatic hydroxyl groups excluding tert-OH is 1. The van der Waals surface area contributed by atoms with Crippen LogP contribution in [0.5, 0.6) is 0 Å². The third kappa shape index (κ3) is 3.65. The largest absolute Gasteiger partial charge is 0.396 e. The van der Waals surface area contributed by atoms with Crippen molar-refractivity contribution in [2.24, 2.45) is 0 Å². The second kappa shape index (κ2) is 5.86. The first-order chi connectivity index (χ1) is 8.95. The van der Waals surface area contributed by atoms with Crippen molar-refractivity contribution in [2.75, 3.05) is 32.9 Å². The molecule has 5 heteroatoms. The summed E-state index contributed by atoms with van der Waals surface area (Å²) in [6.45, 7) is 2.19. The van der Waals surface area contributed by atoms with Crippen molar-refractivity contribution in [2.45, 2.75) is 25.1 Å². The van der Waals surface area contributed by atoms with Gasteiger partial charge in [0.05, 0.1) is 11.8 Å². The number of likely N-dealkylation sites (tertiary alicyclic amines) is 1. The first-order valence-corrected chi connectivity index (χ1v) is 6.56. The standard InChI is InChI=1S/C14H22FN3O/c1-17(2)8-11-6-12(19)9-18(11)7-10-3-4-14(16)13(15)5-10/h3-5,11-12,19H,6-9,16H2,1-2H3. The Morgan fingerprint density at radius 3 is 2.84 bits per heavy atom. The first kappa shape index (κ1) is 14.2. The van der Waals surface area contributed by atoms with Crippen molar-refractivity contribution in [1.29, 1.82) is 0 Å². The van der Waals surface area contributed by atoms with Crippen molar-refractivity contribution in [3.8, 4) is 0 Å². The highest BCUT2D eigenvalue weighted by Crippen LogP contribution is 2.22. The van der Waals surface area contributed by atoms with E-state index in [0.717, 1.165) is 18.5 Å². The van der Waals surface area contributed by atoms with E-state index < -0.39 is 0 Å². The number of anilines is 1. The first-order valence-electron chi connectivity index (χ1n) is 6.56. The maximum atomic E-state index is 13.4. The highest BCUT2D eigenvalue weighted by molar-refractivity contribution is 5.41. The van der Waals surface area contributed by atoms with Crippen LogP contribution < -0.4 is 5.73 Å². The number of benzene rings is 1. The molecule has 0 radical (unpaired) electrons. The van der Waals surface area contributed by atoms with Crippen LogP contribution in [0.15, 0.2) is 18.2 Å². The molecule has 0 bridgehead atoms. The molecule has 19 heavy (non-hydrogen) atoms. The van der Waals surface area contributed by atoms with Crippen molar-refractivity contribution in [3.63, 3.8) is 0 Å². The van der Waals surface area contributed by atoms with E-state index in [1.807, 2.05) is 20.2 Å². The summed E-state index contributed by atoms with van der Waals surface area (Å²) in [6.07, 6.45) is 0.485. The van der Waals surface area contributed by atoms with E-state index in [1.165, 1.54) is 6.07 Å². The number of β-amino-alcohol motifs (C(OH)–C–C–N with tert-alkyl or cyclic N) is 1. The highest BCUT2D eigenvalue weighted by Gasteiger charge is 2.31. The van der Waals surface area contributed by atoms with Crippen LogP contribution in [0.4, 0.5) is 10.1 Å². The Bertz CT molecular complexity index is 439. The van der Waals surface area contributed by atoms with Gasteiger partial charge in [-0.3, -0.25) is 4.90 Å². The molecule has 2 unspecified atom stereocenters. The molecule has 1 heterocycles. The molecule has 1 fully saturated rings. The van der Waals surface area contributed by atoms with Gasteiger partial charge in [0.25, 0.3) is 0 Å². The lowest BCUT2D eigenvalue weighted by atomic mass is 10.1. The average molecular weight is 267 g/mol. The van der Waals surface area contributed by atoms with Gasteiger partial charge in [-0.05, 0) is 38.2 Å². The Morgan fingerprint density at radius 2 is 2.21 bits per heavy atom. The summed E-state index contributed by atoms with van der Waals surface area (Å²) in [6, 6.07) is 5.23. The number of rotatable bonds is 4. The van der Waals surface area contributed by atoms with E-state index in [-0.39, 0.29) is 17.6 Å². The molecule has 0 aliphatic carbocycles. The molecule has 0 amide bonds. The number of nitrogen functional groups attached to an aromatic ring is 1. The van der Waals surface area contributed by atoms with Crippen LogP contribution in [-0.4, -0.2) is 54.2 Å². The topological polar surface area (TPSA) is 52.7 Å². The lowest BCUT2D eigenvalue weighted by Gasteiger charge is -2.26. The number of hydrogen-bond acceptors (Lipinski definition) is 4. The maximum Gasteiger partial charge on any atom is 0.146 e. The molecule has 4 nitrogen and oxygen atoms in total. The van der Waals surface area contributed by atoms with Gasteiger partial charge in [-0.15, -0.1) is 0 Å². The van der Waals surface area contributed by atoms with Gasteiger partial charge in [-0.2, -0.15) is 0 Å². The van der Waals surface area contributed by atoms with E-state index in [9.17, 15) is 9.50 Å².